The third-order valence-corrected chi connectivity index (χ3v) is 3.42. The fourth-order valence-electron chi connectivity index (χ4n) is 1.28. The predicted molar refractivity (Wildman–Crippen MR) is 66.9 cm³/mol. The summed E-state index contributed by atoms with van der Waals surface area (Å²) in [5.41, 5.74) is 1.27. The molecular weight excluding hydrogens is 254 g/mol. The Morgan fingerprint density at radius 1 is 1.33 bits per heavy atom. The van der Waals surface area contributed by atoms with E-state index in [1.165, 1.54) is 5.56 Å². The zero-order valence-corrected chi connectivity index (χ0v) is 11.0. The van der Waals surface area contributed by atoms with Gasteiger partial charge in [-0.2, -0.15) is 0 Å². The average Bonchev–Trinajstić information content (AvgIpc) is 2.26. The number of rotatable bonds is 5. The molecule has 0 bridgehead atoms. The van der Waals surface area contributed by atoms with Gasteiger partial charge in [0.1, 0.15) is 0 Å². The van der Waals surface area contributed by atoms with Crippen LogP contribution in [-0.4, -0.2) is 19.3 Å². The van der Waals surface area contributed by atoms with Crippen LogP contribution in [0.5, 0.6) is 0 Å². The number of ether oxygens (including phenoxy) is 1. The van der Waals surface area contributed by atoms with Crippen molar-refractivity contribution >= 4 is 15.9 Å². The quantitative estimate of drug-likeness (QED) is 0.889. The molecule has 15 heavy (non-hydrogen) atoms. The maximum absolute atomic E-state index is 5.26. The number of nitrogens with one attached hydrogen (secondary N) is 1. The monoisotopic (exact) mass is 271 g/mol. The first-order valence-corrected chi connectivity index (χ1v) is 5.94. The zero-order valence-electron chi connectivity index (χ0n) is 9.46. The summed E-state index contributed by atoms with van der Waals surface area (Å²) in [6.45, 7) is 5.05. The largest absolute Gasteiger partial charge is 0.380 e. The molecule has 1 aromatic carbocycles. The van der Waals surface area contributed by atoms with Crippen LogP contribution in [0.4, 0.5) is 0 Å². The van der Waals surface area contributed by atoms with Crippen LogP contribution in [0.15, 0.2) is 28.7 Å². The molecule has 1 N–H and O–H groups in total. The highest BCUT2D eigenvalue weighted by atomic mass is 79.9. The van der Waals surface area contributed by atoms with E-state index >= 15 is 0 Å². The van der Waals surface area contributed by atoms with Gasteiger partial charge in [-0.15, -0.1) is 0 Å². The Hall–Kier alpha value is -0.380. The SMILES string of the molecule is COC(C)C(C)NCc1ccccc1Br. The van der Waals surface area contributed by atoms with Gasteiger partial charge in [-0.05, 0) is 25.5 Å². The normalized spacial score (nSPS) is 14.9. The molecule has 0 heterocycles. The highest BCUT2D eigenvalue weighted by molar-refractivity contribution is 9.10. The van der Waals surface area contributed by atoms with Gasteiger partial charge >= 0.3 is 0 Å². The maximum atomic E-state index is 5.26. The molecule has 0 aliphatic rings. The number of hydrogen-bond donors (Lipinski definition) is 1. The number of benzene rings is 1. The van der Waals surface area contributed by atoms with Gasteiger partial charge in [0.05, 0.1) is 6.10 Å². The minimum absolute atomic E-state index is 0.229. The van der Waals surface area contributed by atoms with Crippen molar-refractivity contribution in [3.05, 3.63) is 34.3 Å². The Bertz CT molecular complexity index is 303. The van der Waals surface area contributed by atoms with E-state index in [9.17, 15) is 0 Å². The molecule has 84 valence electrons. The van der Waals surface area contributed by atoms with Crippen molar-refractivity contribution < 1.29 is 4.74 Å². The predicted octanol–water partition coefficient (Wildman–Crippen LogP) is 2.96. The van der Waals surface area contributed by atoms with Crippen molar-refractivity contribution in [1.82, 2.24) is 5.32 Å². The summed E-state index contributed by atoms with van der Waals surface area (Å²) in [4.78, 5) is 0. The third kappa shape index (κ3) is 3.93. The summed E-state index contributed by atoms with van der Waals surface area (Å²) in [6, 6.07) is 8.59. The maximum Gasteiger partial charge on any atom is 0.0693 e. The van der Waals surface area contributed by atoms with Crippen molar-refractivity contribution in [3.63, 3.8) is 0 Å². The number of hydrogen-bond acceptors (Lipinski definition) is 2. The third-order valence-electron chi connectivity index (χ3n) is 2.65. The first-order chi connectivity index (χ1) is 7.15. The molecule has 2 atom stereocenters. The van der Waals surface area contributed by atoms with E-state index in [1.807, 2.05) is 12.1 Å². The lowest BCUT2D eigenvalue weighted by atomic mass is 10.2. The zero-order chi connectivity index (χ0) is 11.3. The van der Waals surface area contributed by atoms with Crippen LogP contribution in [0.25, 0.3) is 0 Å². The Kier molecular flexibility index (Phi) is 5.29. The van der Waals surface area contributed by atoms with Gasteiger partial charge in [-0.3, -0.25) is 0 Å². The highest BCUT2D eigenvalue weighted by Gasteiger charge is 2.10. The molecule has 2 nitrogen and oxygen atoms in total. The average molecular weight is 272 g/mol. The Labute approximate surface area is 100 Å². The lowest BCUT2D eigenvalue weighted by Gasteiger charge is -2.20. The van der Waals surface area contributed by atoms with E-state index < -0.39 is 0 Å². The molecule has 1 aromatic rings. The molecule has 1 rings (SSSR count). The molecule has 0 fully saturated rings. The van der Waals surface area contributed by atoms with Crippen LogP contribution in [0, 0.1) is 0 Å². The molecule has 2 unspecified atom stereocenters. The van der Waals surface area contributed by atoms with Crippen LogP contribution >= 0.6 is 15.9 Å². The Morgan fingerprint density at radius 2 is 2.00 bits per heavy atom. The van der Waals surface area contributed by atoms with E-state index in [1.54, 1.807) is 7.11 Å². The summed E-state index contributed by atoms with van der Waals surface area (Å²) in [5, 5.41) is 3.44. The molecule has 3 heteroatoms. The molecule has 0 saturated heterocycles. The summed E-state index contributed by atoms with van der Waals surface area (Å²) >= 11 is 3.53. The van der Waals surface area contributed by atoms with Crippen LogP contribution in [-0.2, 0) is 11.3 Å². The van der Waals surface area contributed by atoms with E-state index in [-0.39, 0.29) is 6.10 Å². The van der Waals surface area contributed by atoms with E-state index in [0.29, 0.717) is 6.04 Å². The topological polar surface area (TPSA) is 21.3 Å². The second kappa shape index (κ2) is 6.26. The van der Waals surface area contributed by atoms with Gasteiger partial charge in [-0.25, -0.2) is 0 Å². The molecule has 0 saturated carbocycles. The van der Waals surface area contributed by atoms with Gasteiger partial charge in [0.2, 0.25) is 0 Å². The lowest BCUT2D eigenvalue weighted by molar-refractivity contribution is 0.0882. The highest BCUT2D eigenvalue weighted by Crippen LogP contribution is 2.15. The summed E-state index contributed by atoms with van der Waals surface area (Å²) in [7, 11) is 1.74. The molecular formula is C12H18BrNO. The minimum Gasteiger partial charge on any atom is -0.380 e. The second-order valence-electron chi connectivity index (χ2n) is 3.70. The summed E-state index contributed by atoms with van der Waals surface area (Å²) in [6.07, 6.45) is 0.229. The standard InChI is InChI=1S/C12H18BrNO/c1-9(10(2)15-3)14-8-11-6-4-5-7-12(11)13/h4-7,9-10,14H,8H2,1-3H3. The Balaban J connectivity index is 2.47. The van der Waals surface area contributed by atoms with Crippen molar-refractivity contribution in [3.8, 4) is 0 Å². The molecule has 0 radical (unpaired) electrons. The molecule has 0 amide bonds. The second-order valence-corrected chi connectivity index (χ2v) is 4.56. The van der Waals surface area contributed by atoms with Gasteiger partial charge in [-0.1, -0.05) is 34.1 Å². The first kappa shape index (κ1) is 12.7. The van der Waals surface area contributed by atoms with Gasteiger partial charge in [0, 0.05) is 24.2 Å². The summed E-state index contributed by atoms with van der Waals surface area (Å²) < 4.78 is 6.40. The summed E-state index contributed by atoms with van der Waals surface area (Å²) in [5.74, 6) is 0. The van der Waals surface area contributed by atoms with Crippen molar-refractivity contribution in [2.75, 3.05) is 7.11 Å². The van der Waals surface area contributed by atoms with Crippen molar-refractivity contribution in [2.24, 2.45) is 0 Å². The van der Waals surface area contributed by atoms with Gasteiger partial charge in [0.25, 0.3) is 0 Å². The van der Waals surface area contributed by atoms with Crippen LogP contribution in [0.2, 0.25) is 0 Å². The van der Waals surface area contributed by atoms with Gasteiger partial charge < -0.3 is 10.1 Å². The van der Waals surface area contributed by atoms with Crippen LogP contribution in [0.3, 0.4) is 0 Å². The van der Waals surface area contributed by atoms with Crippen LogP contribution in [0.1, 0.15) is 19.4 Å². The van der Waals surface area contributed by atoms with Gasteiger partial charge in [0.15, 0.2) is 0 Å². The number of methoxy groups -OCH3 is 1. The van der Waals surface area contributed by atoms with E-state index in [2.05, 4.69) is 47.2 Å². The fraction of sp³-hybridized carbons (Fsp3) is 0.500. The Morgan fingerprint density at radius 3 is 2.60 bits per heavy atom. The van der Waals surface area contributed by atoms with Crippen molar-refractivity contribution in [1.29, 1.82) is 0 Å². The number of halogens is 1. The first-order valence-electron chi connectivity index (χ1n) is 5.14. The van der Waals surface area contributed by atoms with E-state index in [0.717, 1.165) is 11.0 Å². The minimum atomic E-state index is 0.229. The van der Waals surface area contributed by atoms with E-state index in [4.69, 9.17) is 4.74 Å². The smallest absolute Gasteiger partial charge is 0.0693 e. The fourth-order valence-corrected chi connectivity index (χ4v) is 1.71. The van der Waals surface area contributed by atoms with Crippen LogP contribution < -0.4 is 5.32 Å². The molecule has 0 aliphatic heterocycles. The lowest BCUT2D eigenvalue weighted by Crippen LogP contribution is -2.36. The molecule has 0 aromatic heterocycles. The molecule has 0 aliphatic carbocycles. The molecule has 0 spiro atoms. The van der Waals surface area contributed by atoms with Crippen molar-refractivity contribution in [2.45, 2.75) is 32.5 Å².